The van der Waals surface area contributed by atoms with Gasteiger partial charge in [-0.3, -0.25) is 0 Å². The summed E-state index contributed by atoms with van der Waals surface area (Å²) in [4.78, 5) is 4.06. The Morgan fingerprint density at radius 1 is 1.42 bits per heavy atom. The topological polar surface area (TPSA) is 12.9 Å². The van der Waals surface area contributed by atoms with E-state index in [1.54, 1.807) is 0 Å². The van der Waals surface area contributed by atoms with Gasteiger partial charge in [0.1, 0.15) is 0 Å². The summed E-state index contributed by atoms with van der Waals surface area (Å²) in [6.45, 7) is 0. The van der Waals surface area contributed by atoms with E-state index in [-0.39, 0.29) is 0 Å². The van der Waals surface area contributed by atoms with Gasteiger partial charge < -0.3 is 0 Å². The molecule has 1 nitrogen and oxygen atoms in total. The van der Waals surface area contributed by atoms with E-state index in [0.29, 0.717) is 0 Å². The Bertz CT molecular complexity index is 370. The third kappa shape index (κ3) is 1.49. The second-order valence-corrected chi connectivity index (χ2v) is 3.42. The summed E-state index contributed by atoms with van der Waals surface area (Å²) in [5.41, 5.74) is 4.77. The summed E-state index contributed by atoms with van der Waals surface area (Å²) in [6, 6.07) is 7.64. The lowest BCUT2D eigenvalue weighted by atomic mass is 10.2. The molecule has 1 aromatic heterocycles. The molecule has 3 heteroatoms. The number of thiazole rings is 1. The van der Waals surface area contributed by atoms with E-state index in [1.807, 2.05) is 29.6 Å². The highest BCUT2D eigenvalue weighted by Crippen LogP contribution is 2.21. The molecule has 0 saturated carbocycles. The molecular weight excluding hydrogens is 190 g/mol. The first-order valence-corrected chi connectivity index (χ1v) is 4.69. The van der Waals surface area contributed by atoms with Crippen LogP contribution in [-0.4, -0.2) is 4.98 Å². The number of aromatic nitrogens is 1. The standard InChI is InChI=1S/C9H5ClNS/c10-8-3-1-2-7(4-8)9-5-12-6-11-9/h1-5H. The average molecular weight is 195 g/mol. The van der Waals surface area contributed by atoms with Crippen molar-refractivity contribution in [2.75, 3.05) is 0 Å². The number of benzene rings is 1. The Morgan fingerprint density at radius 3 is 3.00 bits per heavy atom. The van der Waals surface area contributed by atoms with Crippen LogP contribution in [-0.2, 0) is 0 Å². The van der Waals surface area contributed by atoms with Gasteiger partial charge >= 0.3 is 0 Å². The first-order chi connectivity index (χ1) is 5.86. The van der Waals surface area contributed by atoms with Gasteiger partial charge in [0.05, 0.1) is 5.69 Å². The summed E-state index contributed by atoms with van der Waals surface area (Å²) in [5, 5.41) is 2.69. The Morgan fingerprint density at radius 2 is 2.33 bits per heavy atom. The largest absolute Gasteiger partial charge is 0.233 e. The smallest absolute Gasteiger partial charge is 0.152 e. The highest BCUT2D eigenvalue weighted by atomic mass is 35.5. The van der Waals surface area contributed by atoms with Crippen LogP contribution in [0.5, 0.6) is 0 Å². The minimum absolute atomic E-state index is 0.737. The first kappa shape index (κ1) is 7.77. The van der Waals surface area contributed by atoms with Crippen molar-refractivity contribution in [2.45, 2.75) is 0 Å². The molecule has 0 fully saturated rings. The molecule has 0 spiro atoms. The van der Waals surface area contributed by atoms with Gasteiger partial charge in [0.2, 0.25) is 0 Å². The fourth-order valence-electron chi connectivity index (χ4n) is 0.964. The third-order valence-electron chi connectivity index (χ3n) is 1.51. The van der Waals surface area contributed by atoms with Crippen molar-refractivity contribution in [1.29, 1.82) is 0 Å². The fraction of sp³-hybridized carbons (Fsp3) is 0. The molecule has 12 heavy (non-hydrogen) atoms. The summed E-state index contributed by atoms with van der Waals surface area (Å²) in [7, 11) is 0. The molecule has 0 aliphatic heterocycles. The van der Waals surface area contributed by atoms with Crippen molar-refractivity contribution in [2.24, 2.45) is 0 Å². The quantitative estimate of drug-likeness (QED) is 0.679. The highest BCUT2D eigenvalue weighted by Gasteiger charge is 1.98. The lowest BCUT2D eigenvalue weighted by molar-refractivity contribution is 1.40. The molecule has 0 unspecified atom stereocenters. The Kier molecular flexibility index (Phi) is 2.11. The number of halogens is 1. The van der Waals surface area contributed by atoms with Gasteiger partial charge in [-0.2, -0.15) is 0 Å². The van der Waals surface area contributed by atoms with Crippen LogP contribution in [0.3, 0.4) is 0 Å². The van der Waals surface area contributed by atoms with Gasteiger partial charge in [0.25, 0.3) is 0 Å². The van der Waals surface area contributed by atoms with Gasteiger partial charge in [0, 0.05) is 16.0 Å². The van der Waals surface area contributed by atoms with Crippen LogP contribution in [0.4, 0.5) is 0 Å². The molecule has 1 aromatic carbocycles. The predicted octanol–water partition coefficient (Wildman–Crippen LogP) is 3.26. The van der Waals surface area contributed by atoms with Crippen LogP contribution in [0.1, 0.15) is 0 Å². The van der Waals surface area contributed by atoms with E-state index in [2.05, 4.69) is 10.5 Å². The highest BCUT2D eigenvalue weighted by molar-refractivity contribution is 7.07. The summed E-state index contributed by atoms with van der Waals surface area (Å²) < 4.78 is 0. The van der Waals surface area contributed by atoms with E-state index in [0.717, 1.165) is 16.3 Å². The maximum atomic E-state index is 5.83. The van der Waals surface area contributed by atoms with Crippen LogP contribution in [0.25, 0.3) is 11.3 Å². The first-order valence-electron chi connectivity index (χ1n) is 3.44. The minimum Gasteiger partial charge on any atom is -0.233 e. The monoisotopic (exact) mass is 194 g/mol. The molecule has 2 rings (SSSR count). The van der Waals surface area contributed by atoms with E-state index in [9.17, 15) is 0 Å². The minimum atomic E-state index is 0.737. The zero-order valence-electron chi connectivity index (χ0n) is 6.12. The number of rotatable bonds is 1. The number of hydrogen-bond acceptors (Lipinski definition) is 2. The molecule has 2 aromatic rings. The molecular formula is C9H5ClNS. The summed E-state index contributed by atoms with van der Waals surface area (Å²) in [5.74, 6) is 0. The van der Waals surface area contributed by atoms with E-state index in [4.69, 9.17) is 11.6 Å². The Labute approximate surface area is 79.7 Å². The molecule has 1 heterocycles. The van der Waals surface area contributed by atoms with Crippen molar-refractivity contribution in [3.8, 4) is 11.3 Å². The molecule has 0 aliphatic rings. The maximum Gasteiger partial charge on any atom is 0.152 e. The van der Waals surface area contributed by atoms with Gasteiger partial charge in [0.15, 0.2) is 5.51 Å². The number of nitrogens with zero attached hydrogens (tertiary/aromatic N) is 1. The second kappa shape index (κ2) is 3.25. The van der Waals surface area contributed by atoms with Gasteiger partial charge in [-0.15, -0.1) is 11.3 Å². The normalized spacial score (nSPS) is 10.1. The predicted molar refractivity (Wildman–Crippen MR) is 51.4 cm³/mol. The third-order valence-corrected chi connectivity index (χ3v) is 2.28. The molecule has 0 aliphatic carbocycles. The molecule has 0 saturated heterocycles. The van der Waals surface area contributed by atoms with Crippen LogP contribution >= 0.6 is 22.9 Å². The Hall–Kier alpha value is -0.860. The zero-order valence-corrected chi connectivity index (χ0v) is 7.69. The second-order valence-electron chi connectivity index (χ2n) is 2.33. The van der Waals surface area contributed by atoms with Crippen molar-refractivity contribution in [3.63, 3.8) is 0 Å². The van der Waals surface area contributed by atoms with Crippen molar-refractivity contribution >= 4 is 22.9 Å². The van der Waals surface area contributed by atoms with Crippen LogP contribution in [0.15, 0.2) is 29.6 Å². The van der Waals surface area contributed by atoms with E-state index < -0.39 is 0 Å². The number of hydrogen-bond donors (Lipinski definition) is 0. The van der Waals surface area contributed by atoms with Crippen molar-refractivity contribution in [1.82, 2.24) is 4.98 Å². The summed E-state index contributed by atoms with van der Waals surface area (Å²) >= 11 is 7.29. The zero-order chi connectivity index (χ0) is 8.39. The molecule has 0 atom stereocenters. The SMILES string of the molecule is Clc1cccc(-c2cs[c]n2)c1. The van der Waals surface area contributed by atoms with Crippen LogP contribution < -0.4 is 0 Å². The summed E-state index contributed by atoms with van der Waals surface area (Å²) in [6.07, 6.45) is 0. The average Bonchev–Trinajstić information content (AvgIpc) is 2.56. The lowest BCUT2D eigenvalue weighted by Gasteiger charge is -1.95. The van der Waals surface area contributed by atoms with E-state index in [1.165, 1.54) is 11.3 Å². The van der Waals surface area contributed by atoms with Gasteiger partial charge in [-0.05, 0) is 12.1 Å². The molecule has 1 radical (unpaired) electrons. The molecule has 0 amide bonds. The van der Waals surface area contributed by atoms with Crippen LogP contribution in [0.2, 0.25) is 5.02 Å². The van der Waals surface area contributed by atoms with E-state index >= 15 is 0 Å². The van der Waals surface area contributed by atoms with Gasteiger partial charge in [-0.1, -0.05) is 23.7 Å². The van der Waals surface area contributed by atoms with Crippen LogP contribution in [0, 0.1) is 5.51 Å². The molecule has 59 valence electrons. The Balaban J connectivity index is 2.48. The fourth-order valence-corrected chi connectivity index (χ4v) is 1.66. The molecule has 0 bridgehead atoms. The molecule has 0 N–H and O–H groups in total. The van der Waals surface area contributed by atoms with Crippen molar-refractivity contribution < 1.29 is 0 Å². The maximum absolute atomic E-state index is 5.83. The van der Waals surface area contributed by atoms with Gasteiger partial charge in [-0.25, -0.2) is 4.98 Å². The lowest BCUT2D eigenvalue weighted by Crippen LogP contribution is -1.75. The van der Waals surface area contributed by atoms with Crippen molar-refractivity contribution in [3.05, 3.63) is 40.2 Å².